The largest absolute Gasteiger partial charge is 0.492 e. The van der Waals surface area contributed by atoms with Crippen molar-refractivity contribution < 1.29 is 9.90 Å². The van der Waals surface area contributed by atoms with Gasteiger partial charge in [0.05, 0.1) is 21.2 Å². The summed E-state index contributed by atoms with van der Waals surface area (Å²) in [5.74, 6) is -0.140. The van der Waals surface area contributed by atoms with Gasteiger partial charge in [0.2, 0.25) is 5.88 Å². The quantitative estimate of drug-likeness (QED) is 0.679. The number of nitrogens with zero attached hydrogens (tertiary/aromatic N) is 4. The molecule has 0 spiro atoms. The molecule has 0 radical (unpaired) electrons. The zero-order chi connectivity index (χ0) is 18.1. The molecule has 0 saturated carbocycles. The standard InChI is InChI=1S/C17H11N5O2S2/c23-15(10-4-3-7-18-9-10)21-22-16(24)13(26-17(22)25)8-14-19-11-5-1-2-6-12(11)20-14/h1-9,24H,(H,21,23). The molecule has 1 aromatic carbocycles. The third-order valence-electron chi connectivity index (χ3n) is 3.56. The van der Waals surface area contributed by atoms with Crippen molar-refractivity contribution in [2.75, 3.05) is 5.43 Å². The lowest BCUT2D eigenvalue weighted by atomic mass is 10.3. The fourth-order valence-electron chi connectivity index (χ4n) is 2.34. The Morgan fingerprint density at radius 1 is 1.19 bits per heavy atom. The fraction of sp³-hybridized carbons (Fsp3) is 0. The number of hydrogen-bond donors (Lipinski definition) is 2. The van der Waals surface area contributed by atoms with Crippen LogP contribution in [0.5, 0.6) is 5.88 Å². The van der Waals surface area contributed by atoms with Crippen LogP contribution < -0.4 is 16.1 Å². The van der Waals surface area contributed by atoms with Crippen molar-refractivity contribution in [3.8, 4) is 5.88 Å². The van der Waals surface area contributed by atoms with Gasteiger partial charge in [-0.2, -0.15) is 4.68 Å². The molecule has 0 aliphatic carbocycles. The maximum Gasteiger partial charge on any atom is 0.271 e. The third kappa shape index (κ3) is 3.05. The van der Waals surface area contributed by atoms with Gasteiger partial charge in [0.15, 0.2) is 9.78 Å². The van der Waals surface area contributed by atoms with E-state index in [4.69, 9.17) is 12.2 Å². The van der Waals surface area contributed by atoms with Crippen molar-refractivity contribution in [3.63, 3.8) is 0 Å². The van der Waals surface area contributed by atoms with E-state index in [1.54, 1.807) is 24.4 Å². The average Bonchev–Trinajstić information content (AvgIpc) is 3.18. The number of carbonyl (C=O) groups is 1. The molecule has 0 fully saturated rings. The highest BCUT2D eigenvalue weighted by atomic mass is 32.1. The van der Waals surface area contributed by atoms with Gasteiger partial charge in [-0.3, -0.25) is 15.2 Å². The SMILES string of the molecule is O=C(Nn1c(O)c(C=C2N=c3ccccc3=N2)sc1=S)c1cccnc1. The van der Waals surface area contributed by atoms with Crippen LogP contribution in [0.2, 0.25) is 0 Å². The van der Waals surface area contributed by atoms with Gasteiger partial charge in [0.25, 0.3) is 5.91 Å². The molecule has 1 aliphatic rings. The second kappa shape index (κ2) is 6.62. The monoisotopic (exact) mass is 381 g/mol. The van der Waals surface area contributed by atoms with Gasteiger partial charge >= 0.3 is 0 Å². The van der Waals surface area contributed by atoms with E-state index >= 15 is 0 Å². The summed E-state index contributed by atoms with van der Waals surface area (Å²) in [5, 5.41) is 12.0. The third-order valence-corrected chi connectivity index (χ3v) is 4.87. The molecule has 1 aliphatic heterocycles. The van der Waals surface area contributed by atoms with E-state index in [0.29, 0.717) is 20.2 Å². The molecule has 3 heterocycles. The van der Waals surface area contributed by atoms with Crippen molar-refractivity contribution in [3.05, 3.63) is 79.7 Å². The van der Waals surface area contributed by atoms with Gasteiger partial charge in [-0.1, -0.05) is 23.5 Å². The maximum absolute atomic E-state index is 12.2. The molecule has 128 valence electrons. The first kappa shape index (κ1) is 16.3. The minimum Gasteiger partial charge on any atom is -0.492 e. The normalized spacial score (nSPS) is 12.1. The summed E-state index contributed by atoms with van der Waals surface area (Å²) in [4.78, 5) is 25.4. The zero-order valence-corrected chi connectivity index (χ0v) is 14.8. The molecular formula is C17H11N5O2S2. The molecule has 2 N–H and O–H groups in total. The summed E-state index contributed by atoms with van der Waals surface area (Å²) in [6.45, 7) is 0. The lowest BCUT2D eigenvalue weighted by Gasteiger charge is -2.06. The summed E-state index contributed by atoms with van der Waals surface area (Å²) in [7, 11) is 0. The van der Waals surface area contributed by atoms with Crippen LogP contribution in [-0.4, -0.2) is 20.7 Å². The molecule has 0 atom stereocenters. The summed E-state index contributed by atoms with van der Waals surface area (Å²) in [6.07, 6.45) is 4.63. The van der Waals surface area contributed by atoms with Crippen molar-refractivity contribution in [1.29, 1.82) is 0 Å². The number of fused-ring (bicyclic) bond motifs is 1. The molecule has 26 heavy (non-hydrogen) atoms. The highest BCUT2D eigenvalue weighted by Gasteiger charge is 2.15. The van der Waals surface area contributed by atoms with Gasteiger partial charge in [0, 0.05) is 18.5 Å². The number of para-hydroxylation sites is 2. The predicted octanol–water partition coefficient (Wildman–Crippen LogP) is 2.01. The van der Waals surface area contributed by atoms with Gasteiger partial charge in [0.1, 0.15) is 0 Å². The minimum atomic E-state index is -0.427. The van der Waals surface area contributed by atoms with E-state index < -0.39 is 5.91 Å². The second-order valence-electron chi connectivity index (χ2n) is 5.29. The van der Waals surface area contributed by atoms with Crippen LogP contribution in [-0.2, 0) is 0 Å². The van der Waals surface area contributed by atoms with Crippen molar-refractivity contribution in [2.24, 2.45) is 9.98 Å². The first-order valence-electron chi connectivity index (χ1n) is 7.52. The van der Waals surface area contributed by atoms with E-state index in [9.17, 15) is 9.90 Å². The van der Waals surface area contributed by atoms with Crippen LogP contribution in [0.25, 0.3) is 6.08 Å². The van der Waals surface area contributed by atoms with Crippen LogP contribution in [0.4, 0.5) is 0 Å². The fourth-order valence-corrected chi connectivity index (χ4v) is 3.50. The molecule has 9 heteroatoms. The first-order valence-corrected chi connectivity index (χ1v) is 8.75. The van der Waals surface area contributed by atoms with E-state index in [-0.39, 0.29) is 5.88 Å². The molecular weight excluding hydrogens is 370 g/mol. The summed E-state index contributed by atoms with van der Waals surface area (Å²) in [5.41, 5.74) is 2.92. The number of rotatable bonds is 3. The molecule has 7 nitrogen and oxygen atoms in total. The Kier molecular flexibility index (Phi) is 4.15. The smallest absolute Gasteiger partial charge is 0.271 e. The highest BCUT2D eigenvalue weighted by molar-refractivity contribution is 7.73. The number of aromatic nitrogens is 2. The maximum atomic E-state index is 12.2. The van der Waals surface area contributed by atoms with Crippen molar-refractivity contribution in [2.45, 2.75) is 0 Å². The van der Waals surface area contributed by atoms with Gasteiger partial charge in [-0.25, -0.2) is 9.98 Å². The van der Waals surface area contributed by atoms with E-state index in [1.807, 2.05) is 24.3 Å². The average molecular weight is 381 g/mol. The number of aromatic hydroxyl groups is 1. The Hall–Kier alpha value is -3.17. The number of nitrogens with one attached hydrogen (secondary N) is 1. The molecule has 1 amide bonds. The Morgan fingerprint density at radius 2 is 1.92 bits per heavy atom. The topological polar surface area (TPSA) is 91.9 Å². The number of thiazole rings is 1. The Morgan fingerprint density at radius 3 is 2.58 bits per heavy atom. The number of pyridine rings is 1. The van der Waals surface area contributed by atoms with Crippen LogP contribution in [0, 0.1) is 3.95 Å². The summed E-state index contributed by atoms with van der Waals surface area (Å²) in [6, 6.07) is 10.8. The zero-order valence-electron chi connectivity index (χ0n) is 13.2. The molecule has 0 unspecified atom stereocenters. The van der Waals surface area contributed by atoms with Gasteiger partial charge in [-0.05, 0) is 36.5 Å². The molecule has 3 aromatic rings. The van der Waals surface area contributed by atoms with Crippen molar-refractivity contribution in [1.82, 2.24) is 9.66 Å². The number of amides is 1. The number of benzene rings is 1. The minimum absolute atomic E-state index is 0.175. The first-order chi connectivity index (χ1) is 12.6. The second-order valence-corrected chi connectivity index (χ2v) is 6.96. The number of hydrogen-bond acceptors (Lipinski definition) is 7. The summed E-state index contributed by atoms with van der Waals surface area (Å²) >= 11 is 6.38. The molecule has 2 aromatic heterocycles. The van der Waals surface area contributed by atoms with E-state index in [0.717, 1.165) is 26.7 Å². The Balaban J connectivity index is 1.66. The van der Waals surface area contributed by atoms with Crippen molar-refractivity contribution >= 4 is 35.5 Å². The van der Waals surface area contributed by atoms with E-state index in [2.05, 4.69) is 20.4 Å². The molecule has 4 rings (SSSR count). The highest BCUT2D eigenvalue weighted by Crippen LogP contribution is 2.28. The van der Waals surface area contributed by atoms with Crippen LogP contribution >= 0.6 is 23.6 Å². The lowest BCUT2D eigenvalue weighted by molar-refractivity contribution is 0.100. The summed E-state index contributed by atoms with van der Waals surface area (Å²) < 4.78 is 1.45. The molecule has 0 saturated heterocycles. The Labute approximate surface area is 156 Å². The van der Waals surface area contributed by atoms with Gasteiger partial charge in [-0.15, -0.1) is 0 Å². The van der Waals surface area contributed by atoms with Crippen LogP contribution in [0.1, 0.15) is 15.2 Å². The van der Waals surface area contributed by atoms with Gasteiger partial charge < -0.3 is 5.11 Å². The predicted molar refractivity (Wildman–Crippen MR) is 99.5 cm³/mol. The van der Waals surface area contributed by atoms with Crippen LogP contribution in [0.3, 0.4) is 0 Å². The number of carbonyl (C=O) groups excluding carboxylic acids is 1. The van der Waals surface area contributed by atoms with Crippen LogP contribution in [0.15, 0.2) is 64.6 Å². The Bertz CT molecular complexity index is 1170. The van der Waals surface area contributed by atoms with E-state index in [1.165, 1.54) is 6.20 Å². The lowest BCUT2D eigenvalue weighted by Crippen LogP contribution is -2.22. The molecule has 0 bridgehead atoms.